The summed E-state index contributed by atoms with van der Waals surface area (Å²) in [6.07, 6.45) is 3.18. The highest BCUT2D eigenvalue weighted by Crippen LogP contribution is 2.30. The van der Waals surface area contributed by atoms with E-state index in [-0.39, 0.29) is 18.1 Å². The van der Waals surface area contributed by atoms with E-state index in [2.05, 4.69) is 11.8 Å². The molecule has 0 bridgehead atoms. The van der Waals surface area contributed by atoms with Gasteiger partial charge in [-0.15, -0.1) is 0 Å². The predicted molar refractivity (Wildman–Crippen MR) is 79.3 cm³/mol. The summed E-state index contributed by atoms with van der Waals surface area (Å²) in [4.78, 5) is 14.2. The minimum Gasteiger partial charge on any atom is -0.384 e. The van der Waals surface area contributed by atoms with Crippen LogP contribution in [0.1, 0.15) is 42.1 Å². The van der Waals surface area contributed by atoms with Gasteiger partial charge in [0.1, 0.15) is 12.4 Å². The summed E-state index contributed by atoms with van der Waals surface area (Å²) in [6, 6.07) is 4.34. The maximum Gasteiger partial charge on any atom is 0.256 e. The zero-order valence-electron chi connectivity index (χ0n) is 12.2. The van der Waals surface area contributed by atoms with E-state index in [1.165, 1.54) is 12.1 Å². The standard InChI is InChI=1S/C17H20FNO2/c1-2-9-19(12-14-5-6-14)17(21)15-8-7-13(4-3-10-20)11-16(15)18/h7-8,11,14,20H,2,5-6,9-10,12H2,1H3. The van der Waals surface area contributed by atoms with Crippen molar-refractivity contribution in [3.05, 3.63) is 35.1 Å². The molecule has 1 amide bonds. The average molecular weight is 289 g/mol. The third-order valence-corrected chi connectivity index (χ3v) is 3.47. The molecule has 1 aliphatic carbocycles. The molecular formula is C17H20FNO2. The molecule has 2 rings (SSSR count). The zero-order valence-corrected chi connectivity index (χ0v) is 12.2. The third-order valence-electron chi connectivity index (χ3n) is 3.47. The van der Waals surface area contributed by atoms with E-state index in [0.29, 0.717) is 18.0 Å². The van der Waals surface area contributed by atoms with Crippen LogP contribution in [0.15, 0.2) is 18.2 Å². The Balaban J connectivity index is 2.16. The summed E-state index contributed by atoms with van der Waals surface area (Å²) in [5.41, 5.74) is 0.556. The van der Waals surface area contributed by atoms with Crippen molar-refractivity contribution < 1.29 is 14.3 Å². The summed E-state index contributed by atoms with van der Waals surface area (Å²) in [6.45, 7) is 3.12. The number of halogens is 1. The van der Waals surface area contributed by atoms with Gasteiger partial charge in [-0.3, -0.25) is 4.79 Å². The molecule has 0 radical (unpaired) electrons. The monoisotopic (exact) mass is 289 g/mol. The molecule has 1 saturated carbocycles. The second kappa shape index (κ2) is 7.24. The highest BCUT2D eigenvalue weighted by atomic mass is 19.1. The lowest BCUT2D eigenvalue weighted by molar-refractivity contribution is 0.0743. The van der Waals surface area contributed by atoms with Crippen molar-refractivity contribution in [1.82, 2.24) is 4.90 Å². The van der Waals surface area contributed by atoms with Crippen LogP contribution in [0.5, 0.6) is 0 Å². The van der Waals surface area contributed by atoms with Gasteiger partial charge in [-0.1, -0.05) is 18.8 Å². The van der Waals surface area contributed by atoms with Crippen LogP contribution in [0.3, 0.4) is 0 Å². The van der Waals surface area contributed by atoms with Gasteiger partial charge >= 0.3 is 0 Å². The van der Waals surface area contributed by atoms with Gasteiger partial charge in [-0.05, 0) is 43.4 Å². The highest BCUT2D eigenvalue weighted by molar-refractivity contribution is 5.94. The first-order chi connectivity index (χ1) is 10.2. The van der Waals surface area contributed by atoms with Crippen LogP contribution in [0.25, 0.3) is 0 Å². The van der Waals surface area contributed by atoms with Gasteiger partial charge in [0.05, 0.1) is 5.56 Å². The van der Waals surface area contributed by atoms with E-state index in [0.717, 1.165) is 25.8 Å². The summed E-state index contributed by atoms with van der Waals surface area (Å²) in [7, 11) is 0. The maximum absolute atomic E-state index is 14.1. The number of aliphatic hydroxyl groups is 1. The molecule has 1 aromatic carbocycles. The minimum atomic E-state index is -0.554. The first kappa shape index (κ1) is 15.5. The number of rotatable bonds is 5. The molecular weight excluding hydrogens is 269 g/mol. The SMILES string of the molecule is CCCN(CC1CC1)C(=O)c1ccc(C#CCO)cc1F. The largest absolute Gasteiger partial charge is 0.384 e. The Morgan fingerprint density at radius 3 is 2.81 bits per heavy atom. The van der Waals surface area contributed by atoms with Crippen LogP contribution in [0.2, 0.25) is 0 Å². The molecule has 3 nitrogen and oxygen atoms in total. The second-order valence-electron chi connectivity index (χ2n) is 5.35. The zero-order chi connectivity index (χ0) is 15.2. The number of hydrogen-bond acceptors (Lipinski definition) is 2. The fraction of sp³-hybridized carbons (Fsp3) is 0.471. The molecule has 0 heterocycles. The lowest BCUT2D eigenvalue weighted by Gasteiger charge is -2.22. The topological polar surface area (TPSA) is 40.5 Å². The number of carbonyl (C=O) groups is 1. The molecule has 1 aromatic rings. The maximum atomic E-state index is 14.1. The molecule has 0 unspecified atom stereocenters. The van der Waals surface area contributed by atoms with E-state index >= 15 is 0 Å². The predicted octanol–water partition coefficient (Wildman–Crippen LogP) is 2.43. The lowest BCUT2D eigenvalue weighted by atomic mass is 10.1. The molecule has 1 fully saturated rings. The summed E-state index contributed by atoms with van der Waals surface area (Å²) < 4.78 is 14.1. The molecule has 0 atom stereocenters. The number of carbonyl (C=O) groups excluding carboxylic acids is 1. The first-order valence-corrected chi connectivity index (χ1v) is 7.34. The molecule has 1 N–H and O–H groups in total. The average Bonchev–Trinajstić information content (AvgIpc) is 3.28. The molecule has 0 aliphatic heterocycles. The Kier molecular flexibility index (Phi) is 5.35. The lowest BCUT2D eigenvalue weighted by Crippen LogP contribution is -2.34. The van der Waals surface area contributed by atoms with Crippen LogP contribution in [-0.2, 0) is 0 Å². The molecule has 0 spiro atoms. The second-order valence-corrected chi connectivity index (χ2v) is 5.35. The van der Waals surface area contributed by atoms with E-state index in [1.54, 1.807) is 11.0 Å². The van der Waals surface area contributed by atoms with Crippen LogP contribution >= 0.6 is 0 Å². The van der Waals surface area contributed by atoms with Crippen LogP contribution in [0.4, 0.5) is 4.39 Å². The Bertz CT molecular complexity index is 570. The highest BCUT2D eigenvalue weighted by Gasteiger charge is 2.27. The van der Waals surface area contributed by atoms with Gasteiger partial charge in [0, 0.05) is 18.7 Å². The first-order valence-electron chi connectivity index (χ1n) is 7.34. The Labute approximate surface area is 124 Å². The molecule has 1 aliphatic rings. The molecule has 0 aromatic heterocycles. The number of amides is 1. The molecule has 4 heteroatoms. The third kappa shape index (κ3) is 4.30. The Morgan fingerprint density at radius 1 is 1.48 bits per heavy atom. The van der Waals surface area contributed by atoms with Gasteiger partial charge in [-0.25, -0.2) is 4.39 Å². The van der Waals surface area contributed by atoms with Crippen molar-refractivity contribution in [1.29, 1.82) is 0 Å². The van der Waals surface area contributed by atoms with E-state index in [9.17, 15) is 9.18 Å². The number of nitrogens with zero attached hydrogens (tertiary/aromatic N) is 1. The Morgan fingerprint density at radius 2 is 2.24 bits per heavy atom. The molecule has 21 heavy (non-hydrogen) atoms. The van der Waals surface area contributed by atoms with Gasteiger partial charge in [0.15, 0.2) is 0 Å². The van der Waals surface area contributed by atoms with Crippen LogP contribution < -0.4 is 0 Å². The Hall–Kier alpha value is -1.86. The fourth-order valence-corrected chi connectivity index (χ4v) is 2.24. The van der Waals surface area contributed by atoms with Crippen LogP contribution in [0, 0.1) is 23.6 Å². The van der Waals surface area contributed by atoms with Crippen molar-refractivity contribution >= 4 is 5.91 Å². The van der Waals surface area contributed by atoms with E-state index in [1.807, 2.05) is 6.92 Å². The summed E-state index contributed by atoms with van der Waals surface area (Å²) >= 11 is 0. The number of aliphatic hydroxyl groups excluding tert-OH is 1. The quantitative estimate of drug-likeness (QED) is 0.846. The smallest absolute Gasteiger partial charge is 0.256 e. The number of benzene rings is 1. The van der Waals surface area contributed by atoms with Crippen molar-refractivity contribution in [3.8, 4) is 11.8 Å². The molecule has 112 valence electrons. The van der Waals surface area contributed by atoms with Gasteiger partial charge in [0.2, 0.25) is 0 Å². The van der Waals surface area contributed by atoms with Crippen molar-refractivity contribution in [2.45, 2.75) is 26.2 Å². The summed E-state index contributed by atoms with van der Waals surface area (Å²) in [5.74, 6) is 4.87. The van der Waals surface area contributed by atoms with E-state index < -0.39 is 5.82 Å². The minimum absolute atomic E-state index is 0.0960. The van der Waals surface area contributed by atoms with Gasteiger partial charge in [-0.2, -0.15) is 0 Å². The van der Waals surface area contributed by atoms with E-state index in [4.69, 9.17) is 5.11 Å². The summed E-state index contributed by atoms with van der Waals surface area (Å²) in [5, 5.41) is 8.63. The normalized spacial score (nSPS) is 13.5. The van der Waals surface area contributed by atoms with Crippen molar-refractivity contribution in [3.63, 3.8) is 0 Å². The molecule has 0 saturated heterocycles. The fourth-order valence-electron chi connectivity index (χ4n) is 2.24. The van der Waals surface area contributed by atoms with Gasteiger partial charge < -0.3 is 10.0 Å². The number of hydrogen-bond donors (Lipinski definition) is 1. The van der Waals surface area contributed by atoms with Crippen LogP contribution in [-0.4, -0.2) is 35.6 Å². The van der Waals surface area contributed by atoms with Crippen molar-refractivity contribution in [2.75, 3.05) is 19.7 Å². The van der Waals surface area contributed by atoms with Crippen molar-refractivity contribution in [2.24, 2.45) is 5.92 Å². The van der Waals surface area contributed by atoms with Gasteiger partial charge in [0.25, 0.3) is 5.91 Å².